The molecule has 0 aliphatic heterocycles. The van der Waals surface area contributed by atoms with Crippen LogP contribution in [0.15, 0.2) is 24.3 Å². The second kappa shape index (κ2) is 4.08. The molecule has 3 rings (SSSR count). The first-order chi connectivity index (χ1) is 9.00. The SMILES string of the molecule is CC1(C)CCCc2nn(-c3ccccc3F)c(N)c21. The lowest BCUT2D eigenvalue weighted by atomic mass is 9.75. The molecular weight excluding hydrogens is 241 g/mol. The predicted molar refractivity (Wildman–Crippen MR) is 73.9 cm³/mol. The van der Waals surface area contributed by atoms with Crippen LogP contribution in [0.3, 0.4) is 0 Å². The van der Waals surface area contributed by atoms with Crippen molar-refractivity contribution in [1.29, 1.82) is 0 Å². The van der Waals surface area contributed by atoms with E-state index in [9.17, 15) is 4.39 Å². The van der Waals surface area contributed by atoms with Gasteiger partial charge in [-0.25, -0.2) is 9.07 Å². The minimum atomic E-state index is -0.299. The third-order valence-electron chi connectivity index (χ3n) is 3.97. The van der Waals surface area contributed by atoms with Crippen molar-refractivity contribution in [3.63, 3.8) is 0 Å². The van der Waals surface area contributed by atoms with Crippen LogP contribution in [0, 0.1) is 5.82 Å². The molecule has 0 atom stereocenters. The number of halogens is 1. The van der Waals surface area contributed by atoms with Gasteiger partial charge in [0, 0.05) is 5.56 Å². The molecule has 3 nitrogen and oxygen atoms in total. The van der Waals surface area contributed by atoms with E-state index in [2.05, 4.69) is 18.9 Å². The standard InChI is InChI=1S/C15H18FN3/c1-15(2)9-5-7-11-13(15)14(17)19(18-11)12-8-4-3-6-10(12)16/h3-4,6,8H,5,7,9,17H2,1-2H3. The van der Waals surface area contributed by atoms with Gasteiger partial charge in [-0.1, -0.05) is 26.0 Å². The minimum Gasteiger partial charge on any atom is -0.383 e. The molecule has 1 aliphatic carbocycles. The summed E-state index contributed by atoms with van der Waals surface area (Å²) in [5.41, 5.74) is 8.77. The lowest BCUT2D eigenvalue weighted by Gasteiger charge is -2.29. The monoisotopic (exact) mass is 259 g/mol. The second-order valence-corrected chi connectivity index (χ2v) is 5.81. The van der Waals surface area contributed by atoms with Gasteiger partial charge in [-0.2, -0.15) is 5.10 Å². The van der Waals surface area contributed by atoms with Crippen molar-refractivity contribution in [1.82, 2.24) is 9.78 Å². The van der Waals surface area contributed by atoms with Gasteiger partial charge in [-0.05, 0) is 36.8 Å². The van der Waals surface area contributed by atoms with E-state index in [4.69, 9.17) is 5.73 Å². The van der Waals surface area contributed by atoms with Crippen molar-refractivity contribution in [2.24, 2.45) is 0 Å². The van der Waals surface area contributed by atoms with Crippen molar-refractivity contribution in [3.8, 4) is 5.69 Å². The van der Waals surface area contributed by atoms with E-state index in [1.54, 1.807) is 22.9 Å². The van der Waals surface area contributed by atoms with Crippen LogP contribution in [0.4, 0.5) is 10.2 Å². The third kappa shape index (κ3) is 1.82. The molecule has 2 aromatic rings. The van der Waals surface area contributed by atoms with Crippen LogP contribution in [0.2, 0.25) is 0 Å². The molecule has 100 valence electrons. The number of anilines is 1. The Hall–Kier alpha value is -1.84. The molecule has 19 heavy (non-hydrogen) atoms. The highest BCUT2D eigenvalue weighted by molar-refractivity contribution is 5.54. The van der Waals surface area contributed by atoms with E-state index in [-0.39, 0.29) is 11.2 Å². The zero-order chi connectivity index (χ0) is 13.6. The van der Waals surface area contributed by atoms with Gasteiger partial charge in [-0.15, -0.1) is 0 Å². The van der Waals surface area contributed by atoms with Gasteiger partial charge >= 0.3 is 0 Å². The first kappa shape index (κ1) is 12.2. The molecule has 1 aromatic heterocycles. The summed E-state index contributed by atoms with van der Waals surface area (Å²) in [6, 6.07) is 6.60. The summed E-state index contributed by atoms with van der Waals surface area (Å²) in [7, 11) is 0. The molecule has 0 unspecified atom stereocenters. The van der Waals surface area contributed by atoms with Crippen LogP contribution >= 0.6 is 0 Å². The van der Waals surface area contributed by atoms with Crippen LogP contribution in [0.1, 0.15) is 37.9 Å². The number of rotatable bonds is 1. The fourth-order valence-electron chi connectivity index (χ4n) is 3.02. The fraction of sp³-hybridized carbons (Fsp3) is 0.400. The first-order valence-electron chi connectivity index (χ1n) is 6.63. The Labute approximate surface area is 112 Å². The van der Waals surface area contributed by atoms with E-state index in [0.717, 1.165) is 30.5 Å². The van der Waals surface area contributed by atoms with Gasteiger partial charge in [0.2, 0.25) is 0 Å². The topological polar surface area (TPSA) is 43.8 Å². The maximum atomic E-state index is 13.9. The Balaban J connectivity index is 2.21. The largest absolute Gasteiger partial charge is 0.383 e. The Morgan fingerprint density at radius 3 is 2.74 bits per heavy atom. The number of nitrogen functional groups attached to an aromatic ring is 1. The number of hydrogen-bond donors (Lipinski definition) is 1. The molecule has 1 heterocycles. The first-order valence-corrected chi connectivity index (χ1v) is 6.63. The molecular formula is C15H18FN3. The molecule has 4 heteroatoms. The summed E-state index contributed by atoms with van der Waals surface area (Å²) < 4.78 is 15.4. The molecule has 2 N–H and O–H groups in total. The highest BCUT2D eigenvalue weighted by atomic mass is 19.1. The van der Waals surface area contributed by atoms with Crippen LogP contribution in [0.25, 0.3) is 5.69 Å². The Bertz CT molecular complexity index is 628. The van der Waals surface area contributed by atoms with Crippen molar-refractivity contribution < 1.29 is 4.39 Å². The lowest BCUT2D eigenvalue weighted by Crippen LogP contribution is -2.24. The van der Waals surface area contributed by atoms with E-state index in [1.807, 2.05) is 0 Å². The third-order valence-corrected chi connectivity index (χ3v) is 3.97. The summed E-state index contributed by atoms with van der Waals surface area (Å²) in [4.78, 5) is 0. The zero-order valence-electron chi connectivity index (χ0n) is 11.3. The second-order valence-electron chi connectivity index (χ2n) is 5.81. The molecule has 0 bridgehead atoms. The number of nitrogens with two attached hydrogens (primary N) is 1. The highest BCUT2D eigenvalue weighted by Crippen LogP contribution is 2.40. The van der Waals surface area contributed by atoms with E-state index in [0.29, 0.717) is 11.5 Å². The van der Waals surface area contributed by atoms with Crippen LogP contribution in [-0.4, -0.2) is 9.78 Å². The lowest BCUT2D eigenvalue weighted by molar-refractivity contribution is 0.432. The Morgan fingerprint density at radius 2 is 2.05 bits per heavy atom. The molecule has 0 fully saturated rings. The highest BCUT2D eigenvalue weighted by Gasteiger charge is 2.33. The van der Waals surface area contributed by atoms with Crippen molar-refractivity contribution >= 4 is 5.82 Å². The average molecular weight is 259 g/mol. The number of benzene rings is 1. The van der Waals surface area contributed by atoms with Crippen molar-refractivity contribution in [3.05, 3.63) is 41.3 Å². The normalized spacial score (nSPS) is 17.2. The van der Waals surface area contributed by atoms with Gasteiger partial charge in [-0.3, -0.25) is 0 Å². The number of nitrogens with zero attached hydrogens (tertiary/aromatic N) is 2. The van der Waals surface area contributed by atoms with Crippen LogP contribution < -0.4 is 5.73 Å². The number of aryl methyl sites for hydroxylation is 1. The van der Waals surface area contributed by atoms with Gasteiger partial charge in [0.05, 0.1) is 5.69 Å². The smallest absolute Gasteiger partial charge is 0.148 e. The molecule has 0 saturated heterocycles. The van der Waals surface area contributed by atoms with E-state index >= 15 is 0 Å². The summed E-state index contributed by atoms with van der Waals surface area (Å²) in [6.45, 7) is 4.35. The van der Waals surface area contributed by atoms with Crippen molar-refractivity contribution in [2.75, 3.05) is 5.73 Å². The number of hydrogen-bond acceptors (Lipinski definition) is 2. The predicted octanol–water partition coefficient (Wildman–Crippen LogP) is 3.21. The Morgan fingerprint density at radius 1 is 1.32 bits per heavy atom. The number of aromatic nitrogens is 2. The number of fused-ring (bicyclic) bond motifs is 1. The van der Waals surface area contributed by atoms with Crippen LogP contribution in [0.5, 0.6) is 0 Å². The molecule has 1 aliphatic rings. The quantitative estimate of drug-likeness (QED) is 0.854. The minimum absolute atomic E-state index is 0.0151. The van der Waals surface area contributed by atoms with Gasteiger partial charge < -0.3 is 5.73 Å². The molecule has 0 radical (unpaired) electrons. The fourth-order valence-corrected chi connectivity index (χ4v) is 3.02. The zero-order valence-corrected chi connectivity index (χ0v) is 11.3. The average Bonchev–Trinajstić information content (AvgIpc) is 2.68. The number of para-hydroxylation sites is 1. The van der Waals surface area contributed by atoms with Gasteiger partial charge in [0.1, 0.15) is 17.3 Å². The molecule has 0 saturated carbocycles. The molecule has 0 spiro atoms. The summed E-state index contributed by atoms with van der Waals surface area (Å²) >= 11 is 0. The maximum Gasteiger partial charge on any atom is 0.148 e. The maximum absolute atomic E-state index is 13.9. The van der Waals surface area contributed by atoms with E-state index in [1.165, 1.54) is 6.07 Å². The molecule has 0 amide bonds. The van der Waals surface area contributed by atoms with Crippen molar-refractivity contribution in [2.45, 2.75) is 38.5 Å². The molecule has 1 aromatic carbocycles. The van der Waals surface area contributed by atoms with Gasteiger partial charge in [0.25, 0.3) is 0 Å². The summed E-state index contributed by atoms with van der Waals surface area (Å²) in [5, 5.41) is 4.53. The Kier molecular flexibility index (Phi) is 2.62. The van der Waals surface area contributed by atoms with Crippen LogP contribution in [-0.2, 0) is 11.8 Å². The summed E-state index contributed by atoms with van der Waals surface area (Å²) in [6.07, 6.45) is 3.12. The van der Waals surface area contributed by atoms with E-state index < -0.39 is 0 Å². The summed E-state index contributed by atoms with van der Waals surface area (Å²) in [5.74, 6) is 0.275. The van der Waals surface area contributed by atoms with Gasteiger partial charge in [0.15, 0.2) is 0 Å².